The van der Waals surface area contributed by atoms with Gasteiger partial charge in [-0.3, -0.25) is 9.48 Å². The number of ether oxygens (including phenoxy) is 1. The number of amides is 1. The molecule has 2 rings (SSSR count). The quantitative estimate of drug-likeness (QED) is 0.931. The van der Waals surface area contributed by atoms with E-state index in [1.807, 2.05) is 25.1 Å². The molecule has 6 heteroatoms. The number of methoxy groups -OCH3 is 1. The van der Waals surface area contributed by atoms with Crippen molar-refractivity contribution in [1.29, 1.82) is 0 Å². The summed E-state index contributed by atoms with van der Waals surface area (Å²) in [5, 5.41) is 4.28. The van der Waals surface area contributed by atoms with Gasteiger partial charge in [0.2, 0.25) is 0 Å². The third kappa shape index (κ3) is 2.69. The minimum atomic E-state index is -0.199. The van der Waals surface area contributed by atoms with Crippen LogP contribution in [0, 0.1) is 0 Å². The SMILES string of the molecule is CCc1nn(C)c(C(=O)N(C)c2cccc(OC)c2)c1N. The zero-order valence-corrected chi connectivity index (χ0v) is 12.8. The molecule has 2 N–H and O–H groups in total. The molecule has 0 saturated heterocycles. The minimum Gasteiger partial charge on any atom is -0.497 e. The molecule has 112 valence electrons. The highest BCUT2D eigenvalue weighted by molar-refractivity contribution is 6.08. The number of carbonyl (C=O) groups is 1. The highest BCUT2D eigenvalue weighted by Gasteiger charge is 2.23. The van der Waals surface area contributed by atoms with Gasteiger partial charge < -0.3 is 15.4 Å². The zero-order valence-electron chi connectivity index (χ0n) is 12.8. The molecule has 0 unspecified atom stereocenters. The average molecular weight is 288 g/mol. The van der Waals surface area contributed by atoms with Gasteiger partial charge in [-0.25, -0.2) is 0 Å². The molecule has 1 amide bonds. The van der Waals surface area contributed by atoms with Crippen LogP contribution in [0.25, 0.3) is 0 Å². The highest BCUT2D eigenvalue weighted by Crippen LogP contribution is 2.24. The van der Waals surface area contributed by atoms with Crippen LogP contribution in [0.3, 0.4) is 0 Å². The van der Waals surface area contributed by atoms with Gasteiger partial charge in [0.05, 0.1) is 18.5 Å². The van der Waals surface area contributed by atoms with E-state index >= 15 is 0 Å². The number of benzene rings is 1. The van der Waals surface area contributed by atoms with Gasteiger partial charge in [0, 0.05) is 25.8 Å². The van der Waals surface area contributed by atoms with E-state index in [0.717, 1.165) is 11.4 Å². The average Bonchev–Trinajstić information content (AvgIpc) is 2.80. The van der Waals surface area contributed by atoms with E-state index in [0.29, 0.717) is 23.6 Å². The molecule has 0 atom stereocenters. The summed E-state index contributed by atoms with van der Waals surface area (Å²) in [6.07, 6.45) is 0.690. The second kappa shape index (κ2) is 5.87. The molecule has 1 aromatic carbocycles. The van der Waals surface area contributed by atoms with Crippen molar-refractivity contribution in [3.05, 3.63) is 35.7 Å². The maximum Gasteiger partial charge on any atom is 0.278 e. The topological polar surface area (TPSA) is 73.4 Å². The number of nitrogens with two attached hydrogens (primary N) is 1. The van der Waals surface area contributed by atoms with Crippen LogP contribution in [-0.2, 0) is 13.5 Å². The van der Waals surface area contributed by atoms with E-state index in [4.69, 9.17) is 10.5 Å². The van der Waals surface area contributed by atoms with Crippen LogP contribution >= 0.6 is 0 Å². The molecule has 0 saturated carbocycles. The molecule has 21 heavy (non-hydrogen) atoms. The van der Waals surface area contributed by atoms with Crippen molar-refractivity contribution in [3.63, 3.8) is 0 Å². The number of carbonyl (C=O) groups excluding carboxylic acids is 1. The van der Waals surface area contributed by atoms with E-state index in [9.17, 15) is 4.79 Å². The van der Waals surface area contributed by atoms with Crippen LogP contribution in [0.4, 0.5) is 11.4 Å². The van der Waals surface area contributed by atoms with Crippen molar-refractivity contribution < 1.29 is 9.53 Å². The molecule has 1 aromatic heterocycles. The summed E-state index contributed by atoms with van der Waals surface area (Å²) in [4.78, 5) is 14.2. The largest absolute Gasteiger partial charge is 0.497 e. The van der Waals surface area contributed by atoms with Crippen molar-refractivity contribution in [2.24, 2.45) is 7.05 Å². The molecule has 0 aliphatic carbocycles. The summed E-state index contributed by atoms with van der Waals surface area (Å²) in [6, 6.07) is 7.30. The van der Waals surface area contributed by atoms with E-state index in [2.05, 4.69) is 5.10 Å². The first-order chi connectivity index (χ1) is 9.99. The maximum absolute atomic E-state index is 12.7. The fourth-order valence-corrected chi connectivity index (χ4v) is 2.21. The zero-order chi connectivity index (χ0) is 15.6. The van der Waals surface area contributed by atoms with Crippen LogP contribution in [0.5, 0.6) is 5.75 Å². The Labute approximate surface area is 124 Å². The maximum atomic E-state index is 12.7. The fourth-order valence-electron chi connectivity index (χ4n) is 2.21. The normalized spacial score (nSPS) is 10.5. The molecule has 0 radical (unpaired) electrons. The van der Waals surface area contributed by atoms with E-state index in [1.165, 1.54) is 9.58 Å². The standard InChI is InChI=1S/C15H20N4O2/c1-5-12-13(16)14(19(3)17-12)15(20)18(2)10-7-6-8-11(9-10)21-4/h6-9H,5,16H2,1-4H3. The third-order valence-electron chi connectivity index (χ3n) is 3.44. The number of aryl methyl sites for hydroxylation is 2. The summed E-state index contributed by atoms with van der Waals surface area (Å²) >= 11 is 0. The van der Waals surface area contributed by atoms with Crippen LogP contribution in [0.2, 0.25) is 0 Å². The lowest BCUT2D eigenvalue weighted by molar-refractivity contribution is 0.0985. The van der Waals surface area contributed by atoms with Crippen molar-refractivity contribution in [2.75, 3.05) is 24.8 Å². The summed E-state index contributed by atoms with van der Waals surface area (Å²) in [5.41, 5.74) is 8.35. The van der Waals surface area contributed by atoms with Crippen molar-refractivity contribution in [3.8, 4) is 5.75 Å². The molecule has 0 bridgehead atoms. The van der Waals surface area contributed by atoms with Crippen LogP contribution < -0.4 is 15.4 Å². The molecule has 0 aliphatic heterocycles. The first kappa shape index (κ1) is 14.9. The molecular formula is C15H20N4O2. The lowest BCUT2D eigenvalue weighted by Crippen LogP contribution is -2.29. The van der Waals surface area contributed by atoms with E-state index in [1.54, 1.807) is 27.3 Å². The predicted octanol–water partition coefficient (Wildman–Crippen LogP) is 1.85. The second-order valence-electron chi connectivity index (χ2n) is 4.75. The van der Waals surface area contributed by atoms with E-state index in [-0.39, 0.29) is 5.91 Å². The molecule has 1 heterocycles. The lowest BCUT2D eigenvalue weighted by Gasteiger charge is -2.18. The van der Waals surface area contributed by atoms with Gasteiger partial charge in [0.15, 0.2) is 0 Å². The molecule has 2 aromatic rings. The number of nitrogen functional groups attached to an aromatic ring is 1. The summed E-state index contributed by atoms with van der Waals surface area (Å²) < 4.78 is 6.71. The van der Waals surface area contributed by atoms with Gasteiger partial charge in [-0.05, 0) is 18.6 Å². The number of hydrogen-bond acceptors (Lipinski definition) is 4. The predicted molar refractivity (Wildman–Crippen MR) is 82.7 cm³/mol. The Hall–Kier alpha value is -2.50. The third-order valence-corrected chi connectivity index (χ3v) is 3.44. The Balaban J connectivity index is 2.37. The number of anilines is 2. The first-order valence-corrected chi connectivity index (χ1v) is 6.73. The Kier molecular flexibility index (Phi) is 4.16. The van der Waals surface area contributed by atoms with Gasteiger partial charge in [-0.15, -0.1) is 0 Å². The lowest BCUT2D eigenvalue weighted by atomic mass is 10.2. The van der Waals surface area contributed by atoms with Crippen LogP contribution in [-0.4, -0.2) is 29.8 Å². The van der Waals surface area contributed by atoms with E-state index < -0.39 is 0 Å². The highest BCUT2D eigenvalue weighted by atomic mass is 16.5. The van der Waals surface area contributed by atoms with Crippen LogP contribution in [0.15, 0.2) is 24.3 Å². The van der Waals surface area contributed by atoms with Crippen LogP contribution in [0.1, 0.15) is 23.1 Å². The van der Waals surface area contributed by atoms with Gasteiger partial charge in [0.25, 0.3) is 5.91 Å². The smallest absolute Gasteiger partial charge is 0.278 e. The fraction of sp³-hybridized carbons (Fsp3) is 0.333. The Morgan fingerprint density at radius 3 is 2.76 bits per heavy atom. The van der Waals surface area contributed by atoms with Gasteiger partial charge >= 0.3 is 0 Å². The number of aromatic nitrogens is 2. The first-order valence-electron chi connectivity index (χ1n) is 6.73. The molecular weight excluding hydrogens is 268 g/mol. The van der Waals surface area contributed by atoms with Gasteiger partial charge in [0.1, 0.15) is 11.4 Å². The molecule has 6 nitrogen and oxygen atoms in total. The Morgan fingerprint density at radius 1 is 1.48 bits per heavy atom. The van der Waals surface area contributed by atoms with Crippen molar-refractivity contribution in [1.82, 2.24) is 9.78 Å². The monoisotopic (exact) mass is 288 g/mol. The second-order valence-corrected chi connectivity index (χ2v) is 4.75. The summed E-state index contributed by atoms with van der Waals surface area (Å²) in [5.74, 6) is 0.495. The van der Waals surface area contributed by atoms with Gasteiger partial charge in [-0.1, -0.05) is 13.0 Å². The minimum absolute atomic E-state index is 0.199. The van der Waals surface area contributed by atoms with Gasteiger partial charge in [-0.2, -0.15) is 5.10 Å². The Bertz CT molecular complexity index is 664. The molecule has 0 fully saturated rings. The Morgan fingerprint density at radius 2 is 2.19 bits per heavy atom. The molecule has 0 aliphatic rings. The number of nitrogens with zero attached hydrogens (tertiary/aromatic N) is 3. The van der Waals surface area contributed by atoms with Crippen molar-refractivity contribution in [2.45, 2.75) is 13.3 Å². The number of rotatable bonds is 4. The number of hydrogen-bond donors (Lipinski definition) is 1. The van der Waals surface area contributed by atoms with Crippen molar-refractivity contribution >= 4 is 17.3 Å². The summed E-state index contributed by atoms with van der Waals surface area (Å²) in [7, 11) is 5.02. The molecule has 0 spiro atoms. The summed E-state index contributed by atoms with van der Waals surface area (Å²) in [6.45, 7) is 1.96.